The fourth-order valence-electron chi connectivity index (χ4n) is 1.48. The second-order valence-corrected chi connectivity index (χ2v) is 6.02. The highest BCUT2D eigenvalue weighted by atomic mass is 35.5. The number of para-hydroxylation sites is 1. The molecule has 2 nitrogen and oxygen atoms in total. The summed E-state index contributed by atoms with van der Waals surface area (Å²) in [6, 6.07) is 7.24. The maximum atomic E-state index is 11.9. The van der Waals surface area contributed by atoms with Gasteiger partial charge in [-0.25, -0.2) is 0 Å². The number of fused-ring (bicyclic) bond motifs is 1. The minimum absolute atomic E-state index is 0.0102. The number of furan rings is 1. The van der Waals surface area contributed by atoms with Crippen LogP contribution in [0.4, 0.5) is 0 Å². The number of thioether (sulfide) groups is 1. The smallest absolute Gasteiger partial charge is 0.207 e. The van der Waals surface area contributed by atoms with Crippen molar-refractivity contribution < 1.29 is 9.21 Å². The van der Waals surface area contributed by atoms with Gasteiger partial charge in [-0.3, -0.25) is 4.79 Å². The zero-order valence-corrected chi connectivity index (χ0v) is 11.3. The Labute approximate surface area is 109 Å². The minimum Gasteiger partial charge on any atom is -0.451 e. The van der Waals surface area contributed by atoms with E-state index < -0.39 is 0 Å². The van der Waals surface area contributed by atoms with Crippen LogP contribution in [0, 0.1) is 0 Å². The van der Waals surface area contributed by atoms with Crippen molar-refractivity contribution in [2.24, 2.45) is 0 Å². The van der Waals surface area contributed by atoms with E-state index in [1.807, 2.05) is 12.1 Å². The summed E-state index contributed by atoms with van der Waals surface area (Å²) < 4.78 is 5.50. The Balaban J connectivity index is 2.24. The second kappa shape index (κ2) is 5.15. The van der Waals surface area contributed by atoms with Crippen LogP contribution in [0.15, 0.2) is 28.7 Å². The zero-order chi connectivity index (χ0) is 12.4. The molecule has 90 valence electrons. The molecule has 0 unspecified atom stereocenters. The lowest BCUT2D eigenvalue weighted by atomic mass is 10.2. The average molecular weight is 269 g/mol. The molecule has 0 atom stereocenters. The van der Waals surface area contributed by atoms with Crippen LogP contribution in [0.1, 0.15) is 24.4 Å². The van der Waals surface area contributed by atoms with Crippen molar-refractivity contribution in [1.82, 2.24) is 0 Å². The normalized spacial score (nSPS) is 11.3. The van der Waals surface area contributed by atoms with Crippen molar-refractivity contribution in [3.63, 3.8) is 0 Å². The van der Waals surface area contributed by atoms with Crippen molar-refractivity contribution in [2.75, 3.05) is 5.75 Å². The Bertz CT molecular complexity index is 545. The van der Waals surface area contributed by atoms with Crippen molar-refractivity contribution >= 4 is 40.1 Å². The summed E-state index contributed by atoms with van der Waals surface area (Å²) in [5, 5.41) is 1.85. The predicted molar refractivity (Wildman–Crippen MR) is 73.1 cm³/mol. The highest BCUT2D eigenvalue weighted by molar-refractivity contribution is 8.00. The van der Waals surface area contributed by atoms with Gasteiger partial charge in [0.1, 0.15) is 0 Å². The fourth-order valence-corrected chi connectivity index (χ4v) is 2.33. The number of carbonyl (C=O) groups is 1. The summed E-state index contributed by atoms with van der Waals surface area (Å²) >= 11 is 7.60. The molecule has 2 rings (SSSR count). The lowest BCUT2D eigenvalue weighted by Crippen LogP contribution is -2.03. The molecule has 0 spiro atoms. The van der Waals surface area contributed by atoms with E-state index in [0.717, 1.165) is 5.39 Å². The lowest BCUT2D eigenvalue weighted by Gasteiger charge is -2.01. The van der Waals surface area contributed by atoms with E-state index in [1.165, 1.54) is 0 Å². The molecule has 0 aliphatic rings. The Morgan fingerprint density at radius 2 is 2.24 bits per heavy atom. The number of hydrogen-bond acceptors (Lipinski definition) is 3. The fraction of sp³-hybridized carbons (Fsp3) is 0.308. The molecule has 1 aromatic carbocycles. The van der Waals surface area contributed by atoms with E-state index in [4.69, 9.17) is 16.0 Å². The Morgan fingerprint density at radius 3 is 2.88 bits per heavy atom. The molecule has 0 saturated carbocycles. The van der Waals surface area contributed by atoms with E-state index >= 15 is 0 Å². The van der Waals surface area contributed by atoms with E-state index in [1.54, 1.807) is 23.9 Å². The highest BCUT2D eigenvalue weighted by Gasteiger charge is 2.14. The van der Waals surface area contributed by atoms with Crippen molar-refractivity contribution in [3.8, 4) is 0 Å². The number of Topliss-reactive ketones (excluding diaryl/α,β-unsaturated/α-hetero) is 1. The highest BCUT2D eigenvalue weighted by Crippen LogP contribution is 2.27. The molecule has 1 heterocycles. The molecule has 2 aromatic rings. The van der Waals surface area contributed by atoms with Gasteiger partial charge >= 0.3 is 0 Å². The standard InChI is InChI=1S/C13H13ClO2S/c1-8(2)17-7-11(15)12-6-9-4-3-5-10(14)13(9)16-12/h3-6,8H,7H2,1-2H3. The molecule has 0 saturated heterocycles. The molecule has 0 fully saturated rings. The molecule has 17 heavy (non-hydrogen) atoms. The molecule has 0 bridgehead atoms. The van der Waals surface area contributed by atoms with Crippen molar-refractivity contribution in [3.05, 3.63) is 35.0 Å². The summed E-state index contributed by atoms with van der Waals surface area (Å²) in [5.41, 5.74) is 0.590. The first-order valence-electron chi connectivity index (χ1n) is 5.41. The maximum Gasteiger partial charge on any atom is 0.207 e. The third-order valence-electron chi connectivity index (χ3n) is 2.32. The molecule has 1 aromatic heterocycles. The minimum atomic E-state index is 0.0102. The lowest BCUT2D eigenvalue weighted by molar-refractivity contribution is 0.0994. The van der Waals surface area contributed by atoms with Crippen molar-refractivity contribution in [1.29, 1.82) is 0 Å². The number of halogens is 1. The monoisotopic (exact) mass is 268 g/mol. The van der Waals surface area contributed by atoms with Crippen LogP contribution >= 0.6 is 23.4 Å². The molecule has 4 heteroatoms. The van der Waals surface area contributed by atoms with Gasteiger partial charge in [0.15, 0.2) is 11.3 Å². The van der Waals surface area contributed by atoms with E-state index in [0.29, 0.717) is 27.4 Å². The van der Waals surface area contributed by atoms with Gasteiger partial charge in [0.25, 0.3) is 0 Å². The van der Waals surface area contributed by atoms with Gasteiger partial charge in [0.2, 0.25) is 5.78 Å². The summed E-state index contributed by atoms with van der Waals surface area (Å²) in [7, 11) is 0. The van der Waals surface area contributed by atoms with E-state index in [-0.39, 0.29) is 5.78 Å². The third-order valence-corrected chi connectivity index (χ3v) is 3.71. The third kappa shape index (κ3) is 2.85. The summed E-state index contributed by atoms with van der Waals surface area (Å²) in [5.74, 6) is 0.840. The first kappa shape index (κ1) is 12.5. The van der Waals surface area contributed by atoms with Crippen LogP contribution in [-0.2, 0) is 0 Å². The van der Waals surface area contributed by atoms with Gasteiger partial charge in [-0.2, -0.15) is 11.8 Å². The number of ketones is 1. The summed E-state index contributed by atoms with van der Waals surface area (Å²) in [6.45, 7) is 4.13. The number of hydrogen-bond donors (Lipinski definition) is 0. The quantitative estimate of drug-likeness (QED) is 0.770. The SMILES string of the molecule is CC(C)SCC(=O)c1cc2cccc(Cl)c2o1. The Hall–Kier alpha value is -0.930. The first-order valence-corrected chi connectivity index (χ1v) is 6.83. The molecular formula is C13H13ClO2S. The van der Waals surface area contributed by atoms with Gasteiger partial charge in [-0.05, 0) is 17.4 Å². The van der Waals surface area contributed by atoms with Crippen LogP contribution in [0.5, 0.6) is 0 Å². The van der Waals surface area contributed by atoms with Gasteiger partial charge in [0.05, 0.1) is 10.8 Å². The van der Waals surface area contributed by atoms with Crippen LogP contribution in [0.25, 0.3) is 11.0 Å². The second-order valence-electron chi connectivity index (χ2n) is 4.05. The maximum absolute atomic E-state index is 11.9. The summed E-state index contributed by atoms with van der Waals surface area (Å²) in [6.07, 6.45) is 0. The van der Waals surface area contributed by atoms with Gasteiger partial charge in [0, 0.05) is 5.39 Å². The molecule has 0 aliphatic heterocycles. The number of benzene rings is 1. The van der Waals surface area contributed by atoms with Crippen LogP contribution in [-0.4, -0.2) is 16.8 Å². The van der Waals surface area contributed by atoms with Gasteiger partial charge < -0.3 is 4.42 Å². The topological polar surface area (TPSA) is 30.2 Å². The van der Waals surface area contributed by atoms with Crippen LogP contribution in [0.3, 0.4) is 0 Å². The largest absolute Gasteiger partial charge is 0.451 e. The molecule has 0 N–H and O–H groups in total. The first-order chi connectivity index (χ1) is 8.08. The zero-order valence-electron chi connectivity index (χ0n) is 9.70. The number of carbonyl (C=O) groups excluding carboxylic acids is 1. The summed E-state index contributed by atoms with van der Waals surface area (Å²) in [4.78, 5) is 11.9. The van der Waals surface area contributed by atoms with E-state index in [2.05, 4.69) is 13.8 Å². The van der Waals surface area contributed by atoms with Gasteiger partial charge in [-0.1, -0.05) is 37.6 Å². The molecular weight excluding hydrogens is 256 g/mol. The molecule has 0 radical (unpaired) electrons. The van der Waals surface area contributed by atoms with Gasteiger partial charge in [-0.15, -0.1) is 0 Å². The van der Waals surface area contributed by atoms with Crippen molar-refractivity contribution in [2.45, 2.75) is 19.1 Å². The van der Waals surface area contributed by atoms with Crippen LogP contribution in [0.2, 0.25) is 5.02 Å². The van der Waals surface area contributed by atoms with Crippen LogP contribution < -0.4 is 0 Å². The molecule has 0 aliphatic carbocycles. The average Bonchev–Trinajstić information content (AvgIpc) is 2.71. The molecule has 0 amide bonds. The number of rotatable bonds is 4. The Morgan fingerprint density at radius 1 is 1.47 bits per heavy atom. The predicted octanol–water partition coefficient (Wildman–Crippen LogP) is 4.41. The van der Waals surface area contributed by atoms with E-state index in [9.17, 15) is 4.79 Å². The Kier molecular flexibility index (Phi) is 3.79.